The first kappa shape index (κ1) is 5.49. The number of fused-ring (bicyclic) bond motifs is 1. The number of aliphatic hydroxyl groups excluding tert-OH is 1. The number of nitrogens with zero attached hydrogens (tertiary/aromatic N) is 1. The van der Waals surface area contributed by atoms with Crippen molar-refractivity contribution in [1.82, 2.24) is 4.98 Å². The monoisotopic (exact) mass is 137 g/mol. The van der Waals surface area contributed by atoms with Gasteiger partial charge in [0, 0.05) is 6.20 Å². The molecule has 2 heterocycles. The minimum Gasteiger partial charge on any atom is -0.357 e. The fourth-order valence-corrected chi connectivity index (χ4v) is 0.950. The largest absolute Gasteiger partial charge is 0.357 e. The second kappa shape index (κ2) is 1.85. The maximum absolute atomic E-state index is 8.99. The summed E-state index contributed by atoms with van der Waals surface area (Å²) < 4.78 is 0. The Bertz CT molecular complexity index is 226. The number of aromatic nitrogens is 1. The van der Waals surface area contributed by atoms with Crippen LogP contribution < -0.4 is 10.6 Å². The van der Waals surface area contributed by atoms with Gasteiger partial charge >= 0.3 is 0 Å². The van der Waals surface area contributed by atoms with Crippen LogP contribution in [0.2, 0.25) is 0 Å². The van der Waals surface area contributed by atoms with E-state index in [0.717, 1.165) is 5.69 Å². The molecule has 1 aliphatic heterocycles. The van der Waals surface area contributed by atoms with Crippen LogP contribution in [0.25, 0.3) is 0 Å². The molecule has 0 aromatic carbocycles. The molecule has 0 saturated carbocycles. The molecule has 0 spiro atoms. The van der Waals surface area contributed by atoms with Crippen molar-refractivity contribution in [2.24, 2.45) is 0 Å². The van der Waals surface area contributed by atoms with E-state index in [-0.39, 0.29) is 0 Å². The van der Waals surface area contributed by atoms with E-state index in [4.69, 9.17) is 5.11 Å². The zero-order chi connectivity index (χ0) is 6.97. The number of hydrogen-bond donors (Lipinski definition) is 3. The number of anilines is 2. The smallest absolute Gasteiger partial charge is 0.204 e. The number of nitrogens with one attached hydrogen (secondary N) is 2. The average Bonchev–Trinajstić information content (AvgIpc) is 2.27. The lowest BCUT2D eigenvalue weighted by molar-refractivity contribution is 0.238. The molecule has 1 atom stereocenters. The van der Waals surface area contributed by atoms with Gasteiger partial charge in [0.15, 0.2) is 5.82 Å². The van der Waals surface area contributed by atoms with Gasteiger partial charge in [-0.05, 0) is 12.1 Å². The first-order valence-electron chi connectivity index (χ1n) is 3.02. The van der Waals surface area contributed by atoms with E-state index in [1.54, 1.807) is 6.20 Å². The molecule has 10 heavy (non-hydrogen) atoms. The molecule has 2 rings (SSSR count). The topological polar surface area (TPSA) is 57.2 Å². The first-order valence-corrected chi connectivity index (χ1v) is 3.02. The maximum Gasteiger partial charge on any atom is 0.204 e. The third-order valence-electron chi connectivity index (χ3n) is 1.37. The number of pyridine rings is 1. The van der Waals surface area contributed by atoms with Crippen molar-refractivity contribution >= 4 is 11.5 Å². The van der Waals surface area contributed by atoms with Gasteiger partial charge in [-0.25, -0.2) is 4.98 Å². The molecule has 0 radical (unpaired) electrons. The Morgan fingerprint density at radius 2 is 2.40 bits per heavy atom. The molecule has 4 nitrogen and oxygen atoms in total. The van der Waals surface area contributed by atoms with Gasteiger partial charge in [0.25, 0.3) is 0 Å². The van der Waals surface area contributed by atoms with Crippen molar-refractivity contribution < 1.29 is 5.11 Å². The number of rotatable bonds is 0. The van der Waals surface area contributed by atoms with Crippen LogP contribution in [0.3, 0.4) is 0 Å². The highest BCUT2D eigenvalue weighted by atomic mass is 16.3. The maximum atomic E-state index is 8.99. The fraction of sp³-hybridized carbons (Fsp3) is 0.167. The molecule has 1 unspecified atom stereocenters. The lowest BCUT2D eigenvalue weighted by Gasteiger charge is -1.99. The fourth-order valence-electron chi connectivity index (χ4n) is 0.950. The summed E-state index contributed by atoms with van der Waals surface area (Å²) in [5.41, 5.74) is 0.843. The van der Waals surface area contributed by atoms with Gasteiger partial charge in [0.05, 0.1) is 5.69 Å². The molecule has 0 saturated heterocycles. The predicted molar refractivity (Wildman–Crippen MR) is 37.5 cm³/mol. The average molecular weight is 137 g/mol. The highest BCUT2D eigenvalue weighted by molar-refractivity contribution is 5.69. The van der Waals surface area contributed by atoms with E-state index >= 15 is 0 Å². The third-order valence-corrected chi connectivity index (χ3v) is 1.37. The molecule has 0 amide bonds. The standard InChI is InChI=1S/C6H7N3O/c10-6-8-4-2-1-3-7-5(4)9-6/h1-3,6,8,10H,(H,7,9). The molecule has 3 N–H and O–H groups in total. The summed E-state index contributed by atoms with van der Waals surface area (Å²) in [6, 6.07) is 3.66. The Hall–Kier alpha value is -1.29. The van der Waals surface area contributed by atoms with Gasteiger partial charge in [0.2, 0.25) is 6.35 Å². The molecule has 1 aliphatic rings. The zero-order valence-electron chi connectivity index (χ0n) is 5.20. The molecular formula is C6H7N3O. The first-order chi connectivity index (χ1) is 4.86. The van der Waals surface area contributed by atoms with Crippen LogP contribution in [0.4, 0.5) is 11.5 Å². The third kappa shape index (κ3) is 0.698. The van der Waals surface area contributed by atoms with Gasteiger partial charge < -0.3 is 15.7 Å². The van der Waals surface area contributed by atoms with E-state index < -0.39 is 6.35 Å². The minimum absolute atomic E-state index is 0.690. The van der Waals surface area contributed by atoms with E-state index in [2.05, 4.69) is 15.6 Å². The molecule has 0 fully saturated rings. The van der Waals surface area contributed by atoms with E-state index in [9.17, 15) is 0 Å². The van der Waals surface area contributed by atoms with E-state index in [1.165, 1.54) is 0 Å². The lowest BCUT2D eigenvalue weighted by atomic mass is 10.4. The highest BCUT2D eigenvalue weighted by Crippen LogP contribution is 2.23. The Labute approximate surface area is 57.9 Å². The normalized spacial score (nSPS) is 21.1. The lowest BCUT2D eigenvalue weighted by Crippen LogP contribution is -2.20. The van der Waals surface area contributed by atoms with Crippen LogP contribution in [-0.4, -0.2) is 16.4 Å². The molecule has 4 heteroatoms. The van der Waals surface area contributed by atoms with E-state index in [1.807, 2.05) is 12.1 Å². The van der Waals surface area contributed by atoms with Crippen LogP contribution >= 0.6 is 0 Å². The Balaban J connectivity index is 2.42. The minimum atomic E-state index is -0.690. The van der Waals surface area contributed by atoms with Crippen molar-refractivity contribution in [2.45, 2.75) is 6.35 Å². The van der Waals surface area contributed by atoms with Gasteiger partial charge in [-0.3, -0.25) is 0 Å². The zero-order valence-corrected chi connectivity index (χ0v) is 5.20. The Morgan fingerprint density at radius 1 is 1.50 bits per heavy atom. The summed E-state index contributed by atoms with van der Waals surface area (Å²) in [7, 11) is 0. The van der Waals surface area contributed by atoms with Gasteiger partial charge in [-0.1, -0.05) is 0 Å². The second-order valence-electron chi connectivity index (χ2n) is 2.09. The summed E-state index contributed by atoms with van der Waals surface area (Å²) in [6.45, 7) is 0. The molecule has 52 valence electrons. The summed E-state index contributed by atoms with van der Waals surface area (Å²) >= 11 is 0. The van der Waals surface area contributed by atoms with Crippen LogP contribution in [-0.2, 0) is 0 Å². The summed E-state index contributed by atoms with van der Waals surface area (Å²) in [4.78, 5) is 3.98. The number of aliphatic hydroxyl groups is 1. The van der Waals surface area contributed by atoms with E-state index in [0.29, 0.717) is 5.82 Å². The molecule has 0 aliphatic carbocycles. The van der Waals surface area contributed by atoms with Crippen LogP contribution in [0.15, 0.2) is 18.3 Å². The Morgan fingerprint density at radius 3 is 3.20 bits per heavy atom. The SMILES string of the molecule is OC1Nc2cccnc2N1. The molecular weight excluding hydrogens is 130 g/mol. The molecule has 1 aromatic heterocycles. The summed E-state index contributed by atoms with van der Waals surface area (Å²) in [5, 5.41) is 14.5. The Kier molecular flexibility index (Phi) is 1.01. The summed E-state index contributed by atoms with van der Waals surface area (Å²) in [5.74, 6) is 0.704. The predicted octanol–water partition coefficient (Wildman–Crippen LogP) is 0.195. The van der Waals surface area contributed by atoms with Crippen molar-refractivity contribution in [1.29, 1.82) is 0 Å². The van der Waals surface area contributed by atoms with Crippen LogP contribution in [0, 0.1) is 0 Å². The molecule has 1 aromatic rings. The van der Waals surface area contributed by atoms with Crippen molar-refractivity contribution in [3.05, 3.63) is 18.3 Å². The van der Waals surface area contributed by atoms with Crippen molar-refractivity contribution in [2.75, 3.05) is 10.6 Å². The molecule has 0 bridgehead atoms. The van der Waals surface area contributed by atoms with Gasteiger partial charge in [0.1, 0.15) is 0 Å². The van der Waals surface area contributed by atoms with Crippen molar-refractivity contribution in [3.8, 4) is 0 Å². The van der Waals surface area contributed by atoms with Crippen LogP contribution in [0.5, 0.6) is 0 Å². The quantitative estimate of drug-likeness (QED) is 0.478. The van der Waals surface area contributed by atoms with Gasteiger partial charge in [-0.2, -0.15) is 0 Å². The highest BCUT2D eigenvalue weighted by Gasteiger charge is 2.15. The second-order valence-corrected chi connectivity index (χ2v) is 2.09. The number of hydrogen-bond acceptors (Lipinski definition) is 4. The van der Waals surface area contributed by atoms with Crippen molar-refractivity contribution in [3.63, 3.8) is 0 Å². The summed E-state index contributed by atoms with van der Waals surface area (Å²) in [6.07, 6.45) is 0.982. The van der Waals surface area contributed by atoms with Gasteiger partial charge in [-0.15, -0.1) is 0 Å². The van der Waals surface area contributed by atoms with Crippen LogP contribution in [0.1, 0.15) is 0 Å².